The Bertz CT molecular complexity index is 819. The van der Waals surface area contributed by atoms with Crippen molar-refractivity contribution in [3.05, 3.63) is 48.5 Å². The molecule has 1 aliphatic heterocycles. The topological polar surface area (TPSA) is 93.5 Å². The van der Waals surface area contributed by atoms with Crippen molar-refractivity contribution in [1.82, 2.24) is 19.2 Å². The van der Waals surface area contributed by atoms with E-state index >= 15 is 0 Å². The van der Waals surface area contributed by atoms with Gasteiger partial charge in [-0.2, -0.15) is 4.31 Å². The molecule has 148 valence electrons. The van der Waals surface area contributed by atoms with Gasteiger partial charge in [-0.25, -0.2) is 13.4 Å². The highest BCUT2D eigenvalue weighted by molar-refractivity contribution is 7.89. The van der Waals surface area contributed by atoms with Crippen molar-refractivity contribution in [2.45, 2.75) is 17.9 Å². The Kier molecular flexibility index (Phi) is 7.78. The average Bonchev–Trinajstić information content (AvgIpc) is 3.19. The van der Waals surface area contributed by atoms with Crippen LogP contribution < -0.4 is 17.7 Å². The van der Waals surface area contributed by atoms with Crippen LogP contribution in [0.5, 0.6) is 0 Å². The van der Waals surface area contributed by atoms with Crippen molar-refractivity contribution in [1.29, 1.82) is 0 Å². The van der Waals surface area contributed by atoms with Gasteiger partial charge in [0.2, 0.25) is 10.0 Å². The summed E-state index contributed by atoms with van der Waals surface area (Å²) in [5.74, 6) is -0.217. The fourth-order valence-corrected chi connectivity index (χ4v) is 4.11. The molecule has 1 aromatic heterocycles. The Morgan fingerprint density at radius 2 is 1.89 bits per heavy atom. The zero-order valence-corrected chi connectivity index (χ0v) is 16.3. The summed E-state index contributed by atoms with van der Waals surface area (Å²) >= 11 is 0. The molecule has 0 bridgehead atoms. The van der Waals surface area contributed by atoms with Gasteiger partial charge in [0.25, 0.3) is 5.91 Å². The van der Waals surface area contributed by atoms with Crippen LogP contribution in [0.2, 0.25) is 0 Å². The summed E-state index contributed by atoms with van der Waals surface area (Å²) in [6, 6.07) is 6.04. The molecule has 27 heavy (non-hydrogen) atoms. The number of amides is 1. The molecule has 10 heteroatoms. The number of nitrogens with one attached hydrogen (secondary N) is 1. The number of aromatic nitrogens is 2. The first-order valence-electron chi connectivity index (χ1n) is 8.49. The number of carbonyl (C=O) groups is 1. The molecule has 0 atom stereocenters. The molecule has 0 spiro atoms. The zero-order chi connectivity index (χ0) is 18.4. The van der Waals surface area contributed by atoms with E-state index in [1.54, 1.807) is 24.7 Å². The lowest BCUT2D eigenvalue weighted by atomic mass is 10.2. The second-order valence-electron chi connectivity index (χ2n) is 5.95. The molecule has 1 amide bonds. The number of nitrogens with zero attached hydrogens (tertiary/aromatic N) is 3. The Labute approximate surface area is 165 Å². The Morgan fingerprint density at radius 1 is 1.19 bits per heavy atom. The van der Waals surface area contributed by atoms with E-state index in [4.69, 9.17) is 4.74 Å². The number of carbonyl (C=O) groups excluding carboxylic acids is 1. The fourth-order valence-electron chi connectivity index (χ4n) is 2.70. The molecule has 0 aliphatic carbocycles. The maximum atomic E-state index is 12.6. The lowest BCUT2D eigenvalue weighted by Gasteiger charge is -2.26. The molecule has 1 aliphatic rings. The maximum absolute atomic E-state index is 12.6. The van der Waals surface area contributed by atoms with Gasteiger partial charge >= 0.3 is 0 Å². The van der Waals surface area contributed by atoms with Crippen molar-refractivity contribution in [2.24, 2.45) is 0 Å². The van der Waals surface area contributed by atoms with Gasteiger partial charge in [-0.1, -0.05) is 0 Å². The first-order chi connectivity index (χ1) is 12.6. The number of rotatable bonds is 7. The first-order valence-corrected chi connectivity index (χ1v) is 9.93. The maximum Gasteiger partial charge on any atom is 0.251 e. The molecule has 3 rings (SSSR count). The summed E-state index contributed by atoms with van der Waals surface area (Å²) in [5.41, 5.74) is 0.438. The monoisotopic (exact) mass is 413 g/mol. The van der Waals surface area contributed by atoms with Crippen LogP contribution in [0.15, 0.2) is 47.9 Å². The summed E-state index contributed by atoms with van der Waals surface area (Å²) in [6.45, 7) is 2.81. The predicted octanol–water partition coefficient (Wildman–Crippen LogP) is -2.27. The van der Waals surface area contributed by atoms with Gasteiger partial charge in [0, 0.05) is 44.1 Å². The van der Waals surface area contributed by atoms with Crippen molar-refractivity contribution in [2.75, 3.05) is 32.8 Å². The van der Waals surface area contributed by atoms with E-state index in [1.807, 2.05) is 10.8 Å². The summed E-state index contributed by atoms with van der Waals surface area (Å²) < 4.78 is 33.6. The first kappa shape index (κ1) is 21.4. The minimum Gasteiger partial charge on any atom is -1.00 e. The van der Waals surface area contributed by atoms with Gasteiger partial charge in [0.1, 0.15) is 0 Å². The second kappa shape index (κ2) is 9.84. The molecular formula is C17H22ClN4O4S-. The molecule has 1 N–H and O–H groups in total. The molecule has 8 nitrogen and oxygen atoms in total. The van der Waals surface area contributed by atoms with E-state index in [1.165, 1.54) is 16.4 Å². The second-order valence-corrected chi connectivity index (χ2v) is 7.89. The third-order valence-corrected chi connectivity index (χ3v) is 6.08. The van der Waals surface area contributed by atoms with Gasteiger partial charge in [-0.15, -0.1) is 0 Å². The molecule has 0 unspecified atom stereocenters. The number of aryl methyl sites for hydroxylation is 1. The number of halogens is 1. The summed E-state index contributed by atoms with van der Waals surface area (Å²) in [4.78, 5) is 16.3. The smallest absolute Gasteiger partial charge is 0.251 e. The Morgan fingerprint density at radius 3 is 2.52 bits per heavy atom. The predicted molar refractivity (Wildman–Crippen MR) is 95.2 cm³/mol. The largest absolute Gasteiger partial charge is 1.00 e. The molecule has 2 heterocycles. The average molecular weight is 414 g/mol. The lowest BCUT2D eigenvalue weighted by Crippen LogP contribution is -3.00. The van der Waals surface area contributed by atoms with E-state index in [-0.39, 0.29) is 23.2 Å². The Balaban J connectivity index is 0.00000261. The standard InChI is InChI=1S/C17H22N4O4S.ClH/c22-17(19-6-1-8-20-9-7-18-14-20)15-2-4-16(5-3-15)26(23,24)21-10-12-25-13-11-21;/h2-5,7,9,14H,1,6,8,10-13H2,(H,19,22);1H/p-1. The van der Waals surface area contributed by atoms with Crippen molar-refractivity contribution < 1.29 is 30.4 Å². The zero-order valence-electron chi connectivity index (χ0n) is 14.8. The number of hydrogen-bond acceptors (Lipinski definition) is 5. The normalized spacial score (nSPS) is 15.1. The van der Waals surface area contributed by atoms with Crippen LogP contribution in [0.1, 0.15) is 16.8 Å². The Hall–Kier alpha value is -1.94. The van der Waals surface area contributed by atoms with Crippen LogP contribution >= 0.6 is 0 Å². The third kappa shape index (κ3) is 5.52. The number of hydrogen-bond donors (Lipinski definition) is 1. The van der Waals surface area contributed by atoms with E-state index in [0.29, 0.717) is 38.4 Å². The van der Waals surface area contributed by atoms with Gasteiger partial charge in [0.15, 0.2) is 0 Å². The highest BCUT2D eigenvalue weighted by atomic mass is 35.5. The lowest BCUT2D eigenvalue weighted by molar-refractivity contribution is -0.0000166. The molecule has 2 aromatic rings. The third-order valence-electron chi connectivity index (χ3n) is 4.16. The van der Waals surface area contributed by atoms with E-state index in [2.05, 4.69) is 10.3 Å². The van der Waals surface area contributed by atoms with Crippen LogP contribution in [-0.2, 0) is 21.3 Å². The number of sulfonamides is 1. The van der Waals surface area contributed by atoms with E-state index in [9.17, 15) is 13.2 Å². The number of ether oxygens (including phenoxy) is 1. The van der Waals surface area contributed by atoms with Crippen molar-refractivity contribution in [3.63, 3.8) is 0 Å². The summed E-state index contributed by atoms with van der Waals surface area (Å²) in [6.07, 6.45) is 6.10. The number of benzene rings is 1. The molecule has 1 saturated heterocycles. The summed E-state index contributed by atoms with van der Waals surface area (Å²) in [5, 5.41) is 2.83. The van der Waals surface area contributed by atoms with E-state index < -0.39 is 10.0 Å². The van der Waals surface area contributed by atoms with Gasteiger partial charge < -0.3 is 27.0 Å². The highest BCUT2D eigenvalue weighted by Gasteiger charge is 2.26. The molecule has 0 saturated carbocycles. The highest BCUT2D eigenvalue weighted by Crippen LogP contribution is 2.17. The summed E-state index contributed by atoms with van der Waals surface area (Å²) in [7, 11) is -3.54. The minimum atomic E-state index is -3.54. The quantitative estimate of drug-likeness (QED) is 0.517. The van der Waals surface area contributed by atoms with Gasteiger partial charge in [-0.05, 0) is 30.7 Å². The molecule has 0 radical (unpaired) electrons. The van der Waals surface area contributed by atoms with Crippen LogP contribution in [0, 0.1) is 0 Å². The van der Waals surface area contributed by atoms with Crippen molar-refractivity contribution in [3.8, 4) is 0 Å². The van der Waals surface area contributed by atoms with Crippen LogP contribution in [0.3, 0.4) is 0 Å². The fraction of sp³-hybridized carbons (Fsp3) is 0.412. The number of morpholine rings is 1. The van der Waals surface area contributed by atoms with Crippen molar-refractivity contribution >= 4 is 15.9 Å². The van der Waals surface area contributed by atoms with E-state index in [0.717, 1.165) is 13.0 Å². The van der Waals surface area contributed by atoms with Crippen LogP contribution in [0.4, 0.5) is 0 Å². The van der Waals surface area contributed by atoms with Gasteiger partial charge in [-0.3, -0.25) is 4.79 Å². The molecule has 1 aromatic carbocycles. The SMILES string of the molecule is O=C(NCCCn1ccnc1)c1ccc(S(=O)(=O)N2CCOCC2)cc1.[Cl-]. The number of imidazole rings is 1. The molecular weight excluding hydrogens is 392 g/mol. The minimum absolute atomic E-state index is 0. The molecule has 1 fully saturated rings. The van der Waals surface area contributed by atoms with Gasteiger partial charge in [0.05, 0.1) is 24.4 Å². The van der Waals surface area contributed by atoms with Crippen LogP contribution in [0.25, 0.3) is 0 Å². The van der Waals surface area contributed by atoms with Crippen LogP contribution in [-0.4, -0.2) is 61.0 Å².